The lowest BCUT2D eigenvalue weighted by molar-refractivity contribution is -0.137. The molecule has 106 valence electrons. The molecule has 0 unspecified atom stereocenters. The molecule has 2 N–H and O–H groups in total. The van der Waals surface area contributed by atoms with Crippen LogP contribution in [0, 0.1) is 5.82 Å². The van der Waals surface area contributed by atoms with Crippen LogP contribution in [0.15, 0.2) is 24.3 Å². The summed E-state index contributed by atoms with van der Waals surface area (Å²) in [5.74, 6) is -1.96. The van der Waals surface area contributed by atoms with E-state index < -0.39 is 29.8 Å². The number of benzene rings is 1. The number of amides is 3. The Morgan fingerprint density at radius 3 is 2.80 bits per heavy atom. The first kappa shape index (κ1) is 14.0. The van der Waals surface area contributed by atoms with E-state index in [2.05, 4.69) is 5.32 Å². The third kappa shape index (κ3) is 3.11. The standard InChI is InChI=1S/C13H13FN2O4/c14-9-3-1-2-8(6-9)7-16-12(19)10(15-13(16)20)4-5-11(17)18/h1-3,6,10H,4-5,7H2,(H,15,20)(H,17,18)/t10-/m0/s1. The third-order valence-electron chi connectivity index (χ3n) is 2.98. The number of carbonyl (C=O) groups is 3. The van der Waals surface area contributed by atoms with Crippen molar-refractivity contribution in [1.82, 2.24) is 10.2 Å². The lowest BCUT2D eigenvalue weighted by Crippen LogP contribution is -2.31. The highest BCUT2D eigenvalue weighted by Crippen LogP contribution is 2.15. The molecule has 20 heavy (non-hydrogen) atoms. The molecule has 0 aliphatic carbocycles. The van der Waals surface area contributed by atoms with Crippen LogP contribution in [0.5, 0.6) is 0 Å². The number of urea groups is 1. The van der Waals surface area contributed by atoms with Crippen molar-refractivity contribution in [2.45, 2.75) is 25.4 Å². The van der Waals surface area contributed by atoms with Gasteiger partial charge in [0.15, 0.2) is 0 Å². The molecule has 1 heterocycles. The molecule has 6 nitrogen and oxygen atoms in total. The molecule has 0 saturated carbocycles. The first-order valence-electron chi connectivity index (χ1n) is 6.05. The Bertz CT molecular complexity index is 561. The topological polar surface area (TPSA) is 86.7 Å². The quantitative estimate of drug-likeness (QED) is 0.791. The molecule has 1 fully saturated rings. The predicted octanol–water partition coefficient (Wildman–Crippen LogP) is 1.11. The van der Waals surface area contributed by atoms with Gasteiger partial charge in [-0.2, -0.15) is 0 Å². The fourth-order valence-electron chi connectivity index (χ4n) is 2.01. The van der Waals surface area contributed by atoms with Crippen molar-refractivity contribution in [2.75, 3.05) is 0 Å². The van der Waals surface area contributed by atoms with E-state index in [-0.39, 0.29) is 19.4 Å². The minimum atomic E-state index is -1.03. The zero-order valence-electron chi connectivity index (χ0n) is 10.5. The number of carboxylic acid groups (broad SMARTS) is 1. The van der Waals surface area contributed by atoms with Crippen molar-refractivity contribution >= 4 is 17.9 Å². The molecule has 1 aromatic carbocycles. The van der Waals surface area contributed by atoms with E-state index in [1.54, 1.807) is 6.07 Å². The van der Waals surface area contributed by atoms with Gasteiger partial charge in [-0.15, -0.1) is 0 Å². The molecule has 0 spiro atoms. The highest BCUT2D eigenvalue weighted by molar-refractivity contribution is 6.04. The van der Waals surface area contributed by atoms with Crippen LogP contribution >= 0.6 is 0 Å². The zero-order valence-corrected chi connectivity index (χ0v) is 10.5. The van der Waals surface area contributed by atoms with Crippen molar-refractivity contribution in [1.29, 1.82) is 0 Å². The molecular weight excluding hydrogens is 267 g/mol. The van der Waals surface area contributed by atoms with Crippen LogP contribution in [0.4, 0.5) is 9.18 Å². The molecule has 0 aromatic heterocycles. The first-order valence-corrected chi connectivity index (χ1v) is 6.05. The van der Waals surface area contributed by atoms with E-state index in [9.17, 15) is 18.8 Å². The Hall–Kier alpha value is -2.44. The second kappa shape index (κ2) is 5.68. The molecule has 1 aliphatic heterocycles. The van der Waals surface area contributed by atoms with Gasteiger partial charge in [-0.3, -0.25) is 14.5 Å². The van der Waals surface area contributed by atoms with Crippen LogP contribution in [-0.2, 0) is 16.1 Å². The number of nitrogens with one attached hydrogen (secondary N) is 1. The van der Waals surface area contributed by atoms with Crippen molar-refractivity contribution < 1.29 is 23.9 Å². The summed E-state index contributed by atoms with van der Waals surface area (Å²) in [5, 5.41) is 11.0. The Labute approximate surface area is 114 Å². The number of imide groups is 1. The Morgan fingerprint density at radius 1 is 1.40 bits per heavy atom. The van der Waals surface area contributed by atoms with Gasteiger partial charge in [0, 0.05) is 6.42 Å². The highest BCUT2D eigenvalue weighted by atomic mass is 19.1. The molecule has 3 amide bonds. The minimum Gasteiger partial charge on any atom is -0.481 e. The summed E-state index contributed by atoms with van der Waals surface area (Å²) in [6, 6.07) is 4.19. The van der Waals surface area contributed by atoms with Crippen LogP contribution in [0.1, 0.15) is 18.4 Å². The number of nitrogens with zero attached hydrogens (tertiary/aromatic N) is 1. The van der Waals surface area contributed by atoms with E-state index in [1.807, 2.05) is 0 Å². The summed E-state index contributed by atoms with van der Waals surface area (Å²) in [4.78, 5) is 35.1. The summed E-state index contributed by atoms with van der Waals surface area (Å²) < 4.78 is 13.1. The SMILES string of the molecule is O=C(O)CC[C@@H]1NC(=O)N(Cc2cccc(F)c2)C1=O. The van der Waals surface area contributed by atoms with Crippen molar-refractivity contribution in [3.05, 3.63) is 35.6 Å². The average Bonchev–Trinajstić information content (AvgIpc) is 2.64. The summed E-state index contributed by atoms with van der Waals surface area (Å²) in [7, 11) is 0. The fraction of sp³-hybridized carbons (Fsp3) is 0.308. The zero-order chi connectivity index (χ0) is 14.7. The number of carboxylic acids is 1. The van der Waals surface area contributed by atoms with E-state index in [4.69, 9.17) is 5.11 Å². The van der Waals surface area contributed by atoms with E-state index in [1.165, 1.54) is 18.2 Å². The van der Waals surface area contributed by atoms with Crippen molar-refractivity contribution in [2.24, 2.45) is 0 Å². The second-order valence-corrected chi connectivity index (χ2v) is 4.49. The van der Waals surface area contributed by atoms with Crippen LogP contribution in [-0.4, -0.2) is 34.0 Å². The molecule has 7 heteroatoms. The van der Waals surface area contributed by atoms with E-state index in [0.717, 1.165) is 4.90 Å². The molecule has 0 radical (unpaired) electrons. The predicted molar refractivity (Wildman–Crippen MR) is 66.1 cm³/mol. The van der Waals surface area contributed by atoms with Gasteiger partial charge in [0.05, 0.1) is 6.54 Å². The largest absolute Gasteiger partial charge is 0.481 e. The van der Waals surface area contributed by atoms with Crippen LogP contribution in [0.3, 0.4) is 0 Å². The second-order valence-electron chi connectivity index (χ2n) is 4.49. The van der Waals surface area contributed by atoms with Gasteiger partial charge in [0.2, 0.25) is 0 Å². The van der Waals surface area contributed by atoms with E-state index in [0.29, 0.717) is 5.56 Å². The fourth-order valence-corrected chi connectivity index (χ4v) is 2.01. The maximum absolute atomic E-state index is 13.1. The van der Waals surface area contributed by atoms with Crippen molar-refractivity contribution in [3.63, 3.8) is 0 Å². The van der Waals surface area contributed by atoms with Crippen LogP contribution < -0.4 is 5.32 Å². The van der Waals surface area contributed by atoms with Gasteiger partial charge in [-0.25, -0.2) is 9.18 Å². The summed E-state index contributed by atoms with van der Waals surface area (Å²) >= 11 is 0. The Morgan fingerprint density at radius 2 is 2.15 bits per heavy atom. The molecule has 2 rings (SSSR count). The lowest BCUT2D eigenvalue weighted by Gasteiger charge is -2.12. The van der Waals surface area contributed by atoms with Crippen molar-refractivity contribution in [3.8, 4) is 0 Å². The number of aliphatic carboxylic acids is 1. The lowest BCUT2D eigenvalue weighted by atomic mass is 10.1. The normalized spacial score (nSPS) is 18.2. The van der Waals surface area contributed by atoms with Gasteiger partial charge < -0.3 is 10.4 Å². The minimum absolute atomic E-state index is 0.0357. The molecule has 1 aliphatic rings. The number of carbonyl (C=O) groups excluding carboxylic acids is 2. The highest BCUT2D eigenvalue weighted by Gasteiger charge is 2.37. The Kier molecular flexibility index (Phi) is 3.97. The number of halogens is 1. The summed E-state index contributed by atoms with van der Waals surface area (Å²) in [6.07, 6.45) is -0.163. The Balaban J connectivity index is 2.03. The number of hydrogen-bond acceptors (Lipinski definition) is 3. The van der Waals surface area contributed by atoms with Gasteiger partial charge in [-0.05, 0) is 24.1 Å². The monoisotopic (exact) mass is 280 g/mol. The maximum atomic E-state index is 13.1. The van der Waals surface area contributed by atoms with Gasteiger partial charge in [-0.1, -0.05) is 12.1 Å². The summed E-state index contributed by atoms with van der Waals surface area (Å²) in [6.45, 7) is -0.0357. The van der Waals surface area contributed by atoms with Gasteiger partial charge in [0.25, 0.3) is 5.91 Å². The summed E-state index contributed by atoms with van der Waals surface area (Å²) in [5.41, 5.74) is 0.493. The first-order chi connectivity index (χ1) is 9.47. The molecule has 0 bridgehead atoms. The maximum Gasteiger partial charge on any atom is 0.325 e. The van der Waals surface area contributed by atoms with E-state index >= 15 is 0 Å². The smallest absolute Gasteiger partial charge is 0.325 e. The average molecular weight is 280 g/mol. The molecule has 1 saturated heterocycles. The third-order valence-corrected chi connectivity index (χ3v) is 2.98. The van der Waals surface area contributed by atoms with Gasteiger partial charge >= 0.3 is 12.0 Å². The molecule has 1 atom stereocenters. The van der Waals surface area contributed by atoms with Crippen LogP contribution in [0.2, 0.25) is 0 Å². The van der Waals surface area contributed by atoms with Crippen LogP contribution in [0.25, 0.3) is 0 Å². The van der Waals surface area contributed by atoms with Gasteiger partial charge in [0.1, 0.15) is 11.9 Å². The molecular formula is C13H13FN2O4. The number of rotatable bonds is 5. The number of hydrogen-bond donors (Lipinski definition) is 2. The molecule has 1 aromatic rings.